The number of ether oxygens (including phenoxy) is 1. The second kappa shape index (κ2) is 36.8. The molecular formula is C73H115F5N12O13. The molecule has 12 atom stereocenters. The Labute approximate surface area is 604 Å². The SMILES string of the molecule is CCC[C@H]1C(=O)N[C@@H]([C@@H](C)CC)C(=O)N(C)CC(=O)N(C)[C@H]2C/C=C\CCN(C2=O)[C@@H](CC2CCCCC2)C(=O)N(C)CC(=O)N[C@@H](CCC2CC(F)C(C(F)(F)F)C(F)C2)C(=O)N2C[C@H](OCC)C[C@H]2C(=O)NC2(CCC2)C(=O)N(C)[C@@H](C2CCCC2)C(=O)N(C)[C@H](C(=O)N(C)C)CC(=O)N1C. The first kappa shape index (κ1) is 83.3. The first-order valence-corrected chi connectivity index (χ1v) is 37.5. The lowest BCUT2D eigenvalue weighted by Gasteiger charge is -2.46. The molecule has 3 aliphatic heterocycles. The van der Waals surface area contributed by atoms with Crippen LogP contribution in [0.4, 0.5) is 22.0 Å². The van der Waals surface area contributed by atoms with E-state index >= 15 is 37.5 Å². The minimum atomic E-state index is -5.17. The molecule has 3 heterocycles. The third-order valence-corrected chi connectivity index (χ3v) is 23.2. The lowest BCUT2D eigenvalue weighted by atomic mass is 9.74. The predicted molar refractivity (Wildman–Crippen MR) is 372 cm³/mol. The number of amides is 12. The van der Waals surface area contributed by atoms with E-state index in [1.54, 1.807) is 26.8 Å². The van der Waals surface area contributed by atoms with Crippen LogP contribution in [0.2, 0.25) is 0 Å². The summed E-state index contributed by atoms with van der Waals surface area (Å²) in [5.74, 6) is -13.4. The van der Waals surface area contributed by atoms with E-state index in [1.807, 2.05) is 13.0 Å². The van der Waals surface area contributed by atoms with Crippen LogP contribution in [0.15, 0.2) is 12.2 Å². The van der Waals surface area contributed by atoms with E-state index in [4.69, 9.17) is 4.74 Å². The Morgan fingerprint density at radius 3 is 1.86 bits per heavy atom. The lowest BCUT2D eigenvalue weighted by molar-refractivity contribution is -0.219. The van der Waals surface area contributed by atoms with Crippen molar-refractivity contribution in [3.8, 4) is 0 Å². The highest BCUT2D eigenvalue weighted by atomic mass is 19.4. The summed E-state index contributed by atoms with van der Waals surface area (Å²) in [7, 11) is 11.3. The summed E-state index contributed by atoms with van der Waals surface area (Å²) in [6.45, 7) is 5.73. The summed E-state index contributed by atoms with van der Waals surface area (Å²) in [5.41, 5.74) is -1.64. The number of fused-ring (bicyclic) bond motifs is 3. The van der Waals surface area contributed by atoms with Gasteiger partial charge in [-0.05, 0) is 114 Å². The fraction of sp³-hybridized carbons (Fsp3) is 0.808. The number of likely N-dealkylation sites (N-methyl/N-ethyl adjacent to an activating group) is 7. The summed E-state index contributed by atoms with van der Waals surface area (Å²) < 4.78 is 78.7. The number of rotatable bonds is 13. The van der Waals surface area contributed by atoms with Crippen LogP contribution >= 0.6 is 0 Å². The average Bonchev–Trinajstić information content (AvgIpc) is 1.69. The highest BCUT2D eigenvalue weighted by Crippen LogP contribution is 2.45. The molecule has 3 N–H and O–H groups in total. The monoisotopic (exact) mass is 1460 g/mol. The van der Waals surface area contributed by atoms with Gasteiger partial charge in [-0.15, -0.1) is 0 Å². The van der Waals surface area contributed by atoms with E-state index in [0.29, 0.717) is 51.4 Å². The van der Waals surface area contributed by atoms with Crippen LogP contribution in [0, 0.1) is 29.6 Å². The van der Waals surface area contributed by atoms with Crippen molar-refractivity contribution in [2.24, 2.45) is 29.6 Å². The van der Waals surface area contributed by atoms with Crippen LogP contribution in [0.25, 0.3) is 0 Å². The van der Waals surface area contributed by atoms with Gasteiger partial charge in [-0.1, -0.05) is 90.7 Å². The second-order valence-corrected chi connectivity index (χ2v) is 30.6. The Morgan fingerprint density at radius 1 is 0.650 bits per heavy atom. The van der Waals surface area contributed by atoms with Crippen LogP contribution in [0.5, 0.6) is 0 Å². The van der Waals surface area contributed by atoms with Crippen LogP contribution in [0.1, 0.15) is 182 Å². The Bertz CT molecular complexity index is 3040. The van der Waals surface area contributed by atoms with E-state index in [-0.39, 0.29) is 77.0 Å². The first-order chi connectivity index (χ1) is 48.6. The molecule has 4 saturated carbocycles. The van der Waals surface area contributed by atoms with E-state index in [0.717, 1.165) is 46.8 Å². The van der Waals surface area contributed by atoms with Gasteiger partial charge in [-0.2, -0.15) is 13.2 Å². The molecule has 2 bridgehead atoms. The molecular weight excluding hydrogens is 1350 g/mol. The summed E-state index contributed by atoms with van der Waals surface area (Å²) >= 11 is 0. The minimum absolute atomic E-state index is 0.0183. The maximum absolute atomic E-state index is 15.5. The molecule has 580 valence electrons. The van der Waals surface area contributed by atoms with Gasteiger partial charge in [0.05, 0.1) is 25.6 Å². The van der Waals surface area contributed by atoms with Gasteiger partial charge in [0, 0.05) is 82.5 Å². The molecule has 7 aliphatic rings. The minimum Gasteiger partial charge on any atom is -0.377 e. The Balaban J connectivity index is 1.31. The zero-order chi connectivity index (χ0) is 76.1. The largest absolute Gasteiger partial charge is 0.397 e. The van der Waals surface area contributed by atoms with Gasteiger partial charge in [0.1, 0.15) is 72.1 Å². The Kier molecular flexibility index (Phi) is 29.8. The smallest absolute Gasteiger partial charge is 0.377 e. The van der Waals surface area contributed by atoms with Crippen molar-refractivity contribution in [3.05, 3.63) is 12.2 Å². The van der Waals surface area contributed by atoms with E-state index in [2.05, 4.69) is 16.0 Å². The fourth-order valence-electron chi connectivity index (χ4n) is 16.6. The summed E-state index contributed by atoms with van der Waals surface area (Å²) in [4.78, 5) is 191. The maximum Gasteiger partial charge on any atom is 0.397 e. The van der Waals surface area contributed by atoms with Gasteiger partial charge in [0.25, 0.3) is 0 Å². The normalized spacial score (nSPS) is 31.5. The van der Waals surface area contributed by atoms with Gasteiger partial charge < -0.3 is 64.8 Å². The molecule has 7 rings (SSSR count). The Hall–Kier alpha value is -7.01. The average molecular weight is 1460 g/mol. The predicted octanol–water partition coefficient (Wildman–Crippen LogP) is 5.32. The van der Waals surface area contributed by atoms with Crippen molar-refractivity contribution >= 4 is 70.9 Å². The second-order valence-electron chi connectivity index (χ2n) is 30.6. The van der Waals surface area contributed by atoms with Crippen molar-refractivity contribution < 1.29 is 84.2 Å². The maximum atomic E-state index is 15.5. The first-order valence-electron chi connectivity index (χ1n) is 37.5. The molecule has 103 heavy (non-hydrogen) atoms. The van der Waals surface area contributed by atoms with Crippen molar-refractivity contribution in [2.75, 3.05) is 89.2 Å². The van der Waals surface area contributed by atoms with Crippen molar-refractivity contribution in [3.63, 3.8) is 0 Å². The third kappa shape index (κ3) is 20.1. The van der Waals surface area contributed by atoms with Crippen molar-refractivity contribution in [1.82, 2.24) is 60.0 Å². The van der Waals surface area contributed by atoms with Gasteiger partial charge in [0.15, 0.2) is 0 Å². The molecule has 12 amide bonds. The zero-order valence-corrected chi connectivity index (χ0v) is 62.6. The summed E-state index contributed by atoms with van der Waals surface area (Å²) in [5, 5.41) is 8.55. The number of hydrogen-bond acceptors (Lipinski definition) is 13. The molecule has 2 unspecified atom stereocenters. The van der Waals surface area contributed by atoms with Gasteiger partial charge >= 0.3 is 6.18 Å². The van der Waals surface area contributed by atoms with Crippen molar-refractivity contribution in [2.45, 2.75) is 260 Å². The molecule has 0 aromatic carbocycles. The van der Waals surface area contributed by atoms with Crippen LogP contribution in [0.3, 0.4) is 0 Å². The van der Waals surface area contributed by atoms with Gasteiger partial charge in [-0.25, -0.2) is 8.78 Å². The molecule has 1 spiro atoms. The molecule has 25 nitrogen and oxygen atoms in total. The van der Waals surface area contributed by atoms with Gasteiger partial charge in [0.2, 0.25) is 70.9 Å². The topological polar surface area (TPSA) is 279 Å². The standard InChI is InChI=1S/C73H115F5N12O13/c1-13-25-52-63(94)80-61(44(4)14-2)69(100)84(8)43-59(93)86(10)53-30-20-17-23-35-89(68(53)99)56(38-45-26-18-16-19-27-45)67(98)83(7)42-57(91)79-51(32-31-46-36-49(74)60(50(75)37-46)73(76,77)78)65(96)90-41-48(103-15-3)39-54(90)64(95)81-72(33-24-34-72)71(102)88(12)62(47-28-21-22-29-47)70(101)87(11)55(66(97)82(5)6)40-58(92)85(52)9/h17,20,44-56,60-62H,13-16,18-19,21-43H2,1-12H3,(H,79,91)(H,80,94)(H,81,95)/b20-17-/t44-,46?,48+,49?,50?,51-,52-,53-,54-,55-,56-,60?,61-,62-/m0/s1. The van der Waals surface area contributed by atoms with Gasteiger partial charge in [-0.3, -0.25) is 57.5 Å². The zero-order valence-electron chi connectivity index (χ0n) is 62.6. The molecule has 0 radical (unpaired) electrons. The van der Waals surface area contributed by atoms with Crippen molar-refractivity contribution in [1.29, 1.82) is 0 Å². The number of halogens is 5. The molecule has 2 saturated heterocycles. The number of carbonyl (C=O) groups excluding carboxylic acids is 12. The number of alkyl halides is 5. The number of nitrogens with zero attached hydrogens (tertiary/aromatic N) is 9. The summed E-state index contributed by atoms with van der Waals surface area (Å²) in [6.07, 6.45) is -1.71. The molecule has 30 heteroatoms. The highest BCUT2D eigenvalue weighted by Gasteiger charge is 2.56. The number of carbonyl (C=O) groups is 12. The highest BCUT2D eigenvalue weighted by molar-refractivity contribution is 6.01. The van der Waals surface area contributed by atoms with Crippen LogP contribution < -0.4 is 16.0 Å². The fourth-order valence-corrected chi connectivity index (χ4v) is 16.6. The molecule has 0 aromatic rings. The van der Waals surface area contributed by atoms with Crippen LogP contribution in [-0.2, 0) is 62.3 Å². The molecule has 0 aromatic heterocycles. The van der Waals surface area contributed by atoms with E-state index in [9.17, 15) is 41.9 Å². The molecule has 4 aliphatic carbocycles. The quantitative estimate of drug-likeness (QED) is 0.156. The van der Waals surface area contributed by atoms with E-state index in [1.165, 1.54) is 85.8 Å². The molecule has 6 fully saturated rings. The number of hydrogen-bond donors (Lipinski definition) is 3. The Morgan fingerprint density at radius 2 is 1.28 bits per heavy atom. The van der Waals surface area contributed by atoms with Crippen LogP contribution in [-0.4, -0.2) is 283 Å². The lowest BCUT2D eigenvalue weighted by Crippen LogP contribution is -2.68. The third-order valence-electron chi connectivity index (χ3n) is 23.2. The summed E-state index contributed by atoms with van der Waals surface area (Å²) in [6, 6.07) is -10.5. The van der Waals surface area contributed by atoms with E-state index < -0.39 is 205 Å². The number of nitrogens with one attached hydrogen (secondary N) is 3.